The minimum absolute atomic E-state index is 0.0956. The molecule has 1 unspecified atom stereocenters. The highest BCUT2D eigenvalue weighted by atomic mass is 35.5. The molecule has 0 bridgehead atoms. The third kappa shape index (κ3) is 7.21. The van der Waals surface area contributed by atoms with Crippen molar-refractivity contribution in [2.45, 2.75) is 19.0 Å². The standard InChI is InChI=1S/C26H25Cl2F2N3O4S/c1-31-26(35)24(13-17-7-4-3-5-8-17)32(15-19-20(27)9-6-10-21(19)28)25(34)16-33(38(2,36)37)18-11-12-22(29)23(30)14-18/h3-12,14,24H,13,15-16H2,1-2H3,(H,31,35). The van der Waals surface area contributed by atoms with E-state index in [1.165, 1.54) is 11.9 Å². The molecule has 202 valence electrons. The van der Waals surface area contributed by atoms with Crippen LogP contribution in [0, 0.1) is 11.6 Å². The van der Waals surface area contributed by atoms with Crippen molar-refractivity contribution in [3.05, 3.63) is 99.5 Å². The number of rotatable bonds is 10. The number of hydrogen-bond donors (Lipinski definition) is 1. The molecule has 0 aliphatic rings. The lowest BCUT2D eigenvalue weighted by Gasteiger charge is -2.33. The lowest BCUT2D eigenvalue weighted by molar-refractivity contribution is -0.139. The van der Waals surface area contributed by atoms with Crippen molar-refractivity contribution in [2.75, 3.05) is 24.2 Å². The van der Waals surface area contributed by atoms with Gasteiger partial charge >= 0.3 is 0 Å². The van der Waals surface area contributed by atoms with Gasteiger partial charge in [-0.1, -0.05) is 59.6 Å². The molecule has 3 aromatic rings. The van der Waals surface area contributed by atoms with Gasteiger partial charge in [0.2, 0.25) is 21.8 Å². The van der Waals surface area contributed by atoms with E-state index in [1.54, 1.807) is 48.5 Å². The van der Waals surface area contributed by atoms with E-state index in [-0.39, 0.29) is 28.7 Å². The van der Waals surface area contributed by atoms with E-state index in [0.29, 0.717) is 15.9 Å². The molecule has 1 atom stereocenters. The summed E-state index contributed by atoms with van der Waals surface area (Å²) in [6, 6.07) is 15.1. The van der Waals surface area contributed by atoms with Gasteiger partial charge in [-0.2, -0.15) is 0 Å². The second kappa shape index (κ2) is 12.6. The molecule has 0 heterocycles. The van der Waals surface area contributed by atoms with E-state index in [2.05, 4.69) is 5.32 Å². The van der Waals surface area contributed by atoms with Crippen molar-refractivity contribution in [3.63, 3.8) is 0 Å². The summed E-state index contributed by atoms with van der Waals surface area (Å²) in [7, 11) is -2.72. The number of nitrogens with one attached hydrogen (secondary N) is 1. The minimum Gasteiger partial charge on any atom is -0.357 e. The zero-order valence-corrected chi connectivity index (χ0v) is 22.8. The topological polar surface area (TPSA) is 86.8 Å². The van der Waals surface area contributed by atoms with E-state index in [9.17, 15) is 26.8 Å². The predicted molar refractivity (Wildman–Crippen MR) is 144 cm³/mol. The van der Waals surface area contributed by atoms with Crippen LogP contribution in [-0.4, -0.2) is 51.0 Å². The quantitative estimate of drug-likeness (QED) is 0.382. The van der Waals surface area contributed by atoms with Gasteiger partial charge in [0.05, 0.1) is 11.9 Å². The summed E-state index contributed by atoms with van der Waals surface area (Å²) in [6.45, 7) is -1.02. The van der Waals surface area contributed by atoms with Gasteiger partial charge in [-0.05, 0) is 29.8 Å². The number of likely N-dealkylation sites (N-methyl/N-ethyl adjacent to an activating group) is 1. The Morgan fingerprint density at radius 2 is 1.58 bits per heavy atom. The van der Waals surface area contributed by atoms with Crippen molar-refractivity contribution in [1.29, 1.82) is 0 Å². The Morgan fingerprint density at radius 3 is 2.13 bits per heavy atom. The van der Waals surface area contributed by atoms with Crippen molar-refractivity contribution >= 4 is 50.7 Å². The predicted octanol–water partition coefficient (Wildman–Crippen LogP) is 4.42. The minimum atomic E-state index is -4.13. The van der Waals surface area contributed by atoms with Crippen LogP contribution in [0.4, 0.5) is 14.5 Å². The van der Waals surface area contributed by atoms with Gasteiger partial charge in [-0.25, -0.2) is 17.2 Å². The van der Waals surface area contributed by atoms with Crippen LogP contribution in [0.1, 0.15) is 11.1 Å². The van der Waals surface area contributed by atoms with E-state index in [4.69, 9.17) is 23.2 Å². The Bertz CT molecular complexity index is 1400. The Hall–Kier alpha value is -3.21. The van der Waals surface area contributed by atoms with Crippen molar-refractivity contribution < 1.29 is 26.8 Å². The summed E-state index contributed by atoms with van der Waals surface area (Å²) in [6.07, 6.45) is 0.926. The summed E-state index contributed by atoms with van der Waals surface area (Å²) in [5.41, 5.74) is 0.838. The van der Waals surface area contributed by atoms with E-state index in [0.717, 1.165) is 24.0 Å². The number of amides is 2. The highest BCUT2D eigenvalue weighted by Gasteiger charge is 2.33. The number of sulfonamides is 1. The maximum absolute atomic E-state index is 13.9. The maximum Gasteiger partial charge on any atom is 0.244 e. The molecule has 0 aliphatic heterocycles. The summed E-state index contributed by atoms with van der Waals surface area (Å²) >= 11 is 12.7. The van der Waals surface area contributed by atoms with Crippen LogP contribution in [0.5, 0.6) is 0 Å². The van der Waals surface area contributed by atoms with Crippen molar-refractivity contribution in [1.82, 2.24) is 10.2 Å². The molecule has 0 aromatic heterocycles. The summed E-state index contributed by atoms with van der Waals surface area (Å²) in [5, 5.41) is 3.03. The first-order valence-corrected chi connectivity index (χ1v) is 13.9. The highest BCUT2D eigenvalue weighted by Crippen LogP contribution is 2.28. The van der Waals surface area contributed by atoms with Crippen LogP contribution in [0.3, 0.4) is 0 Å². The Morgan fingerprint density at radius 1 is 0.947 bits per heavy atom. The first-order valence-electron chi connectivity index (χ1n) is 11.3. The average Bonchev–Trinajstić information content (AvgIpc) is 2.87. The second-order valence-corrected chi connectivity index (χ2v) is 11.1. The van der Waals surface area contributed by atoms with Crippen LogP contribution >= 0.6 is 23.2 Å². The molecule has 0 aliphatic carbocycles. The third-order valence-electron chi connectivity index (χ3n) is 5.78. The van der Waals surface area contributed by atoms with Crippen LogP contribution in [0.25, 0.3) is 0 Å². The number of anilines is 1. The number of benzene rings is 3. The maximum atomic E-state index is 13.9. The number of halogens is 4. The molecule has 0 saturated carbocycles. The Labute approximate surface area is 230 Å². The van der Waals surface area contributed by atoms with E-state index < -0.39 is 46.1 Å². The zero-order valence-electron chi connectivity index (χ0n) is 20.5. The smallest absolute Gasteiger partial charge is 0.244 e. The fraction of sp³-hybridized carbons (Fsp3) is 0.231. The second-order valence-electron chi connectivity index (χ2n) is 8.41. The first kappa shape index (κ1) is 29.3. The van der Waals surface area contributed by atoms with Gasteiger partial charge in [-0.15, -0.1) is 0 Å². The monoisotopic (exact) mass is 583 g/mol. The molecule has 3 rings (SSSR count). The molecule has 1 N–H and O–H groups in total. The summed E-state index contributed by atoms with van der Waals surface area (Å²) in [4.78, 5) is 28.0. The largest absolute Gasteiger partial charge is 0.357 e. The van der Waals surface area contributed by atoms with Gasteiger partial charge in [-0.3, -0.25) is 13.9 Å². The Kier molecular flexibility index (Phi) is 9.70. The molecule has 0 radical (unpaired) electrons. The fourth-order valence-corrected chi connectivity index (χ4v) is 5.19. The molecule has 3 aromatic carbocycles. The van der Waals surface area contributed by atoms with Crippen LogP contribution in [0.2, 0.25) is 10.0 Å². The Balaban J connectivity index is 2.08. The van der Waals surface area contributed by atoms with Crippen molar-refractivity contribution in [3.8, 4) is 0 Å². The number of nitrogens with zero attached hydrogens (tertiary/aromatic N) is 2. The van der Waals surface area contributed by atoms with Crippen LogP contribution in [-0.2, 0) is 32.6 Å². The molecule has 0 saturated heterocycles. The normalized spacial score (nSPS) is 12.1. The number of carbonyl (C=O) groups is 2. The van der Waals surface area contributed by atoms with Crippen LogP contribution < -0.4 is 9.62 Å². The molecule has 38 heavy (non-hydrogen) atoms. The first-order chi connectivity index (χ1) is 17.9. The molecule has 12 heteroatoms. The van der Waals surface area contributed by atoms with Gasteiger partial charge in [0, 0.05) is 41.7 Å². The number of hydrogen-bond acceptors (Lipinski definition) is 4. The molecule has 0 fully saturated rings. The molecule has 7 nitrogen and oxygen atoms in total. The van der Waals surface area contributed by atoms with Gasteiger partial charge in [0.25, 0.3) is 0 Å². The van der Waals surface area contributed by atoms with Gasteiger partial charge in [0.15, 0.2) is 11.6 Å². The number of carbonyl (C=O) groups excluding carboxylic acids is 2. The average molecular weight is 584 g/mol. The lowest BCUT2D eigenvalue weighted by atomic mass is 10.0. The highest BCUT2D eigenvalue weighted by molar-refractivity contribution is 7.92. The molecule has 0 spiro atoms. The third-order valence-corrected chi connectivity index (χ3v) is 7.63. The van der Waals surface area contributed by atoms with Crippen molar-refractivity contribution in [2.24, 2.45) is 0 Å². The summed E-state index contributed by atoms with van der Waals surface area (Å²) < 4.78 is 53.4. The van der Waals surface area contributed by atoms with Gasteiger partial charge < -0.3 is 10.2 Å². The fourth-order valence-electron chi connectivity index (χ4n) is 3.83. The van der Waals surface area contributed by atoms with Crippen LogP contribution in [0.15, 0.2) is 66.7 Å². The SMILES string of the molecule is CNC(=O)C(Cc1ccccc1)N(Cc1c(Cl)cccc1Cl)C(=O)CN(c1ccc(F)c(F)c1)S(C)(=O)=O. The zero-order chi connectivity index (χ0) is 28.0. The van der Waals surface area contributed by atoms with Gasteiger partial charge in [0.1, 0.15) is 12.6 Å². The van der Waals surface area contributed by atoms with E-state index in [1.807, 2.05) is 0 Å². The summed E-state index contributed by atoms with van der Waals surface area (Å²) in [5.74, 6) is -3.76. The molecule has 2 amide bonds. The molecular formula is C26H25Cl2F2N3O4S. The van der Waals surface area contributed by atoms with E-state index >= 15 is 0 Å². The lowest BCUT2D eigenvalue weighted by Crippen LogP contribution is -2.53. The molecular weight excluding hydrogens is 559 g/mol.